The van der Waals surface area contributed by atoms with Crippen LogP contribution in [-0.4, -0.2) is 38.3 Å². The molecule has 3 rings (SSSR count). The van der Waals surface area contributed by atoms with Gasteiger partial charge >= 0.3 is 0 Å². The lowest BCUT2D eigenvalue weighted by Gasteiger charge is -2.28. The Kier molecular flexibility index (Phi) is 6.86. The lowest BCUT2D eigenvalue weighted by molar-refractivity contribution is -0.117. The van der Waals surface area contributed by atoms with Gasteiger partial charge in [-0.05, 0) is 62.7 Å². The van der Waals surface area contributed by atoms with Crippen molar-refractivity contribution in [3.8, 4) is 5.75 Å². The second-order valence-electron chi connectivity index (χ2n) is 7.42. The van der Waals surface area contributed by atoms with Crippen LogP contribution in [0.1, 0.15) is 39.0 Å². The summed E-state index contributed by atoms with van der Waals surface area (Å²) < 4.78 is 25.0. The van der Waals surface area contributed by atoms with Gasteiger partial charge in [-0.1, -0.05) is 6.92 Å². The number of hydrogen-bond donors (Lipinski definition) is 2. The Hall–Kier alpha value is -1.66. The zero-order chi connectivity index (χ0) is 18.4. The van der Waals surface area contributed by atoms with Crippen LogP contribution in [0.5, 0.6) is 5.75 Å². The van der Waals surface area contributed by atoms with Crippen LogP contribution in [0.15, 0.2) is 18.2 Å². The smallest absolute Gasteiger partial charge is 0.224 e. The summed E-state index contributed by atoms with van der Waals surface area (Å²) in [5, 5.41) is 6.22. The largest absolute Gasteiger partial charge is 0.489 e. The first-order valence-electron chi connectivity index (χ1n) is 9.66. The molecule has 0 radical (unpaired) electrons. The van der Waals surface area contributed by atoms with Crippen LogP contribution in [0.2, 0.25) is 0 Å². The van der Waals surface area contributed by atoms with Gasteiger partial charge in [0, 0.05) is 19.1 Å². The summed E-state index contributed by atoms with van der Waals surface area (Å²) in [6, 6.07) is 4.22. The number of carbonyl (C=O) groups excluding carboxylic acids is 1. The minimum absolute atomic E-state index is 0.0717. The number of halogens is 1. The number of carbonyl (C=O) groups is 1. The van der Waals surface area contributed by atoms with Gasteiger partial charge in [0.1, 0.15) is 18.2 Å². The maximum absolute atomic E-state index is 13.7. The van der Waals surface area contributed by atoms with Crippen molar-refractivity contribution >= 4 is 11.6 Å². The molecule has 2 fully saturated rings. The number of amides is 1. The monoisotopic (exact) mass is 364 g/mol. The fourth-order valence-corrected chi connectivity index (χ4v) is 3.71. The van der Waals surface area contributed by atoms with Crippen molar-refractivity contribution in [3.63, 3.8) is 0 Å². The van der Waals surface area contributed by atoms with E-state index in [1.54, 1.807) is 6.07 Å². The fraction of sp³-hybridized carbons (Fsp3) is 0.650. The SMILES string of the molecule is CC(CC(=O)Nc1cc(F)ccc1OCC1CCCO1)C1CCCNC1. The number of piperidine rings is 1. The van der Waals surface area contributed by atoms with Gasteiger partial charge in [-0.25, -0.2) is 4.39 Å². The van der Waals surface area contributed by atoms with Crippen LogP contribution in [0.3, 0.4) is 0 Å². The van der Waals surface area contributed by atoms with E-state index in [4.69, 9.17) is 9.47 Å². The number of rotatable bonds is 7. The first-order chi connectivity index (χ1) is 12.6. The molecule has 0 aliphatic carbocycles. The molecular formula is C20H29FN2O3. The molecule has 5 nitrogen and oxygen atoms in total. The zero-order valence-electron chi connectivity index (χ0n) is 15.4. The van der Waals surface area contributed by atoms with E-state index in [2.05, 4.69) is 17.6 Å². The standard InChI is InChI=1S/C20H29FN2O3/c1-14(15-4-2-8-22-12-15)10-20(24)23-18-11-16(21)6-7-19(18)26-13-17-5-3-9-25-17/h6-7,11,14-15,17,22H,2-5,8-10,12-13H2,1H3,(H,23,24). The van der Waals surface area contributed by atoms with Gasteiger partial charge in [0.25, 0.3) is 0 Å². The van der Waals surface area contributed by atoms with Crippen LogP contribution in [0.25, 0.3) is 0 Å². The van der Waals surface area contributed by atoms with E-state index in [9.17, 15) is 9.18 Å². The van der Waals surface area contributed by atoms with E-state index in [0.717, 1.165) is 45.4 Å². The Morgan fingerprint density at radius 2 is 2.31 bits per heavy atom. The number of anilines is 1. The second-order valence-corrected chi connectivity index (χ2v) is 7.42. The van der Waals surface area contributed by atoms with Gasteiger partial charge in [-0.2, -0.15) is 0 Å². The maximum Gasteiger partial charge on any atom is 0.224 e. The van der Waals surface area contributed by atoms with Crippen LogP contribution >= 0.6 is 0 Å². The summed E-state index contributed by atoms with van der Waals surface area (Å²) in [5.41, 5.74) is 0.391. The first kappa shape index (κ1) is 19.1. The normalized spacial score (nSPS) is 24.2. The zero-order valence-corrected chi connectivity index (χ0v) is 15.4. The van der Waals surface area contributed by atoms with Crippen molar-refractivity contribution in [1.82, 2.24) is 5.32 Å². The summed E-state index contributed by atoms with van der Waals surface area (Å²) in [6.07, 6.45) is 4.81. The highest BCUT2D eigenvalue weighted by atomic mass is 19.1. The van der Waals surface area contributed by atoms with Gasteiger partial charge < -0.3 is 20.1 Å². The Morgan fingerprint density at radius 1 is 1.42 bits per heavy atom. The third kappa shape index (κ3) is 5.42. The van der Waals surface area contributed by atoms with Crippen molar-refractivity contribution in [3.05, 3.63) is 24.0 Å². The van der Waals surface area contributed by atoms with Crippen molar-refractivity contribution in [2.45, 2.75) is 45.1 Å². The van der Waals surface area contributed by atoms with E-state index in [0.29, 0.717) is 30.4 Å². The molecule has 1 amide bonds. The van der Waals surface area contributed by atoms with E-state index < -0.39 is 5.82 Å². The molecule has 2 N–H and O–H groups in total. The molecule has 1 aromatic rings. The van der Waals surface area contributed by atoms with Crippen LogP contribution in [-0.2, 0) is 9.53 Å². The highest BCUT2D eigenvalue weighted by molar-refractivity contribution is 5.92. The van der Waals surface area contributed by atoms with Gasteiger partial charge in [-0.15, -0.1) is 0 Å². The molecule has 2 saturated heterocycles. The van der Waals surface area contributed by atoms with Gasteiger partial charge in [0.2, 0.25) is 5.91 Å². The van der Waals surface area contributed by atoms with Crippen LogP contribution in [0, 0.1) is 17.7 Å². The molecule has 0 bridgehead atoms. The lowest BCUT2D eigenvalue weighted by atomic mass is 9.85. The Balaban J connectivity index is 1.56. The average Bonchev–Trinajstić information content (AvgIpc) is 3.15. The predicted octanol–water partition coefficient (Wildman–Crippen LogP) is 3.35. The van der Waals surface area contributed by atoms with Crippen LogP contribution in [0.4, 0.5) is 10.1 Å². The van der Waals surface area contributed by atoms with Gasteiger partial charge in [0.15, 0.2) is 0 Å². The highest BCUT2D eigenvalue weighted by Gasteiger charge is 2.23. The molecule has 2 aliphatic heterocycles. The van der Waals surface area contributed by atoms with Crippen molar-refractivity contribution in [1.29, 1.82) is 0 Å². The first-order valence-corrected chi connectivity index (χ1v) is 9.66. The summed E-state index contributed by atoms with van der Waals surface area (Å²) in [6.45, 7) is 5.31. The summed E-state index contributed by atoms with van der Waals surface area (Å²) in [4.78, 5) is 12.5. The molecule has 0 saturated carbocycles. The second kappa shape index (κ2) is 9.33. The summed E-state index contributed by atoms with van der Waals surface area (Å²) in [5.74, 6) is 0.789. The molecule has 0 aromatic heterocycles. The van der Waals surface area contributed by atoms with Crippen molar-refractivity contribution in [2.75, 3.05) is 31.6 Å². The molecule has 3 atom stereocenters. The molecule has 26 heavy (non-hydrogen) atoms. The minimum atomic E-state index is -0.394. The van der Waals surface area contributed by atoms with Gasteiger partial charge in [-0.3, -0.25) is 4.79 Å². The molecule has 3 unspecified atom stereocenters. The molecule has 6 heteroatoms. The van der Waals surface area contributed by atoms with E-state index in [1.807, 2.05) is 0 Å². The van der Waals surface area contributed by atoms with Crippen LogP contribution < -0.4 is 15.4 Å². The average molecular weight is 364 g/mol. The van der Waals surface area contributed by atoms with Gasteiger partial charge in [0.05, 0.1) is 11.8 Å². The predicted molar refractivity (Wildman–Crippen MR) is 98.9 cm³/mol. The van der Waals surface area contributed by atoms with E-state index in [-0.39, 0.29) is 17.9 Å². The Bertz CT molecular complexity index is 599. The molecule has 2 heterocycles. The topological polar surface area (TPSA) is 59.6 Å². The number of hydrogen-bond acceptors (Lipinski definition) is 4. The Morgan fingerprint density at radius 3 is 3.04 bits per heavy atom. The molecule has 144 valence electrons. The number of nitrogens with one attached hydrogen (secondary N) is 2. The number of ether oxygens (including phenoxy) is 2. The molecule has 1 aromatic carbocycles. The molecular weight excluding hydrogens is 335 g/mol. The minimum Gasteiger partial charge on any atom is -0.489 e. The van der Waals surface area contributed by atoms with E-state index >= 15 is 0 Å². The third-order valence-corrected chi connectivity index (χ3v) is 5.31. The fourth-order valence-electron chi connectivity index (χ4n) is 3.71. The Labute approximate surface area is 154 Å². The maximum atomic E-state index is 13.7. The number of benzene rings is 1. The highest BCUT2D eigenvalue weighted by Crippen LogP contribution is 2.28. The van der Waals surface area contributed by atoms with Crippen molar-refractivity contribution < 1.29 is 18.7 Å². The quantitative estimate of drug-likeness (QED) is 0.779. The summed E-state index contributed by atoms with van der Waals surface area (Å²) >= 11 is 0. The summed E-state index contributed by atoms with van der Waals surface area (Å²) in [7, 11) is 0. The third-order valence-electron chi connectivity index (χ3n) is 5.31. The van der Waals surface area contributed by atoms with E-state index in [1.165, 1.54) is 12.1 Å². The van der Waals surface area contributed by atoms with Crippen molar-refractivity contribution in [2.24, 2.45) is 11.8 Å². The lowest BCUT2D eigenvalue weighted by Crippen LogP contribution is -2.34. The molecule has 0 spiro atoms. The molecule has 2 aliphatic rings.